The molecule has 2 amide bonds. The molecule has 2 aromatic carbocycles. The number of nitrogens with one attached hydrogen (secondary N) is 2. The number of hydrogen-bond acceptors (Lipinski definition) is 4. The zero-order chi connectivity index (χ0) is 21.2. The lowest BCUT2D eigenvalue weighted by Crippen LogP contribution is -2.42. The topological polar surface area (TPSA) is 95.6 Å². The van der Waals surface area contributed by atoms with Crippen LogP contribution in [0.2, 0.25) is 0 Å². The van der Waals surface area contributed by atoms with Crippen LogP contribution in [0.25, 0.3) is 0 Å². The van der Waals surface area contributed by atoms with Gasteiger partial charge in [-0.2, -0.15) is 0 Å². The molecule has 1 aliphatic rings. The van der Waals surface area contributed by atoms with Crippen molar-refractivity contribution in [2.45, 2.75) is 37.6 Å². The molecule has 154 valence electrons. The molecule has 0 spiro atoms. The number of hydrogen-bond donors (Lipinski definition) is 2. The van der Waals surface area contributed by atoms with Crippen molar-refractivity contribution in [1.82, 2.24) is 9.62 Å². The molecule has 0 unspecified atom stereocenters. The minimum absolute atomic E-state index is 0.0567. The third kappa shape index (κ3) is 5.21. The van der Waals surface area contributed by atoms with E-state index in [1.165, 1.54) is 29.2 Å². The molecule has 0 aromatic heterocycles. The maximum absolute atomic E-state index is 12.5. The van der Waals surface area contributed by atoms with E-state index in [2.05, 4.69) is 10.0 Å². The zero-order valence-electron chi connectivity index (χ0n) is 16.7. The Morgan fingerprint density at radius 3 is 2.38 bits per heavy atom. The van der Waals surface area contributed by atoms with Crippen molar-refractivity contribution < 1.29 is 18.0 Å². The van der Waals surface area contributed by atoms with Crippen LogP contribution in [-0.4, -0.2) is 43.8 Å². The molecule has 8 heteroatoms. The summed E-state index contributed by atoms with van der Waals surface area (Å²) in [6.45, 7) is 5.72. The molecule has 1 heterocycles. The number of carbonyl (C=O) groups is 2. The van der Waals surface area contributed by atoms with Gasteiger partial charge in [0.2, 0.25) is 15.9 Å². The SMILES string of the molecule is CC(C)(C)NS(=O)(=O)c1ccc(NC(=O)CN2CCc3ccccc3C2=O)cc1. The Hall–Kier alpha value is -2.71. The van der Waals surface area contributed by atoms with Gasteiger partial charge in [0.05, 0.1) is 4.90 Å². The quantitative estimate of drug-likeness (QED) is 0.784. The second-order valence-electron chi connectivity index (χ2n) is 8.06. The largest absolute Gasteiger partial charge is 0.329 e. The molecular formula is C21H25N3O4S. The van der Waals surface area contributed by atoms with Gasteiger partial charge in [-0.3, -0.25) is 9.59 Å². The Bertz CT molecular complexity index is 1020. The number of carbonyl (C=O) groups excluding carboxylic acids is 2. The molecule has 29 heavy (non-hydrogen) atoms. The summed E-state index contributed by atoms with van der Waals surface area (Å²) in [7, 11) is -3.64. The van der Waals surface area contributed by atoms with Crippen LogP contribution in [0, 0.1) is 0 Å². The van der Waals surface area contributed by atoms with Gasteiger partial charge in [-0.15, -0.1) is 0 Å². The van der Waals surface area contributed by atoms with Crippen LogP contribution in [0.1, 0.15) is 36.7 Å². The number of rotatable bonds is 5. The molecule has 0 aliphatic carbocycles. The van der Waals surface area contributed by atoms with Crippen LogP contribution in [0.15, 0.2) is 53.4 Å². The van der Waals surface area contributed by atoms with Crippen LogP contribution >= 0.6 is 0 Å². The average molecular weight is 416 g/mol. The Balaban J connectivity index is 1.62. The summed E-state index contributed by atoms with van der Waals surface area (Å²) in [4.78, 5) is 26.6. The van der Waals surface area contributed by atoms with Crippen LogP contribution in [0.5, 0.6) is 0 Å². The molecule has 0 fully saturated rings. The lowest BCUT2D eigenvalue weighted by molar-refractivity contribution is -0.116. The third-order valence-corrected chi connectivity index (χ3v) is 6.18. The lowest BCUT2D eigenvalue weighted by Gasteiger charge is -2.28. The first kappa shape index (κ1) is 21.0. The monoisotopic (exact) mass is 415 g/mol. The van der Waals surface area contributed by atoms with E-state index in [-0.39, 0.29) is 23.3 Å². The Kier molecular flexibility index (Phi) is 5.77. The fourth-order valence-corrected chi connectivity index (χ4v) is 4.60. The second-order valence-corrected chi connectivity index (χ2v) is 9.74. The van der Waals surface area contributed by atoms with E-state index in [4.69, 9.17) is 0 Å². The van der Waals surface area contributed by atoms with Gasteiger partial charge in [0.25, 0.3) is 5.91 Å². The number of anilines is 1. The van der Waals surface area contributed by atoms with E-state index < -0.39 is 15.6 Å². The van der Waals surface area contributed by atoms with Crippen LogP contribution in [0.3, 0.4) is 0 Å². The summed E-state index contributed by atoms with van der Waals surface area (Å²) in [6.07, 6.45) is 0.711. The van der Waals surface area contributed by atoms with E-state index in [0.29, 0.717) is 24.2 Å². The van der Waals surface area contributed by atoms with Gasteiger partial charge < -0.3 is 10.2 Å². The predicted molar refractivity (Wildman–Crippen MR) is 111 cm³/mol. The fourth-order valence-electron chi connectivity index (χ4n) is 3.18. The smallest absolute Gasteiger partial charge is 0.254 e. The number of nitrogens with zero attached hydrogens (tertiary/aromatic N) is 1. The predicted octanol–water partition coefficient (Wildman–Crippen LogP) is 2.40. The maximum Gasteiger partial charge on any atom is 0.254 e. The molecule has 1 aliphatic heterocycles. The van der Waals surface area contributed by atoms with E-state index in [1.807, 2.05) is 18.2 Å². The summed E-state index contributed by atoms with van der Waals surface area (Å²) in [5.41, 5.74) is 1.50. The fraction of sp³-hybridized carbons (Fsp3) is 0.333. The van der Waals surface area contributed by atoms with Gasteiger partial charge in [0.15, 0.2) is 0 Å². The van der Waals surface area contributed by atoms with Gasteiger partial charge in [0.1, 0.15) is 6.54 Å². The molecule has 0 bridgehead atoms. The van der Waals surface area contributed by atoms with Gasteiger partial charge in [0, 0.05) is 23.3 Å². The summed E-state index contributed by atoms with van der Waals surface area (Å²) in [5, 5.41) is 2.71. The molecule has 0 radical (unpaired) electrons. The number of amides is 2. The van der Waals surface area contributed by atoms with Crippen LogP contribution in [0.4, 0.5) is 5.69 Å². The summed E-state index contributed by atoms with van der Waals surface area (Å²) < 4.78 is 27.3. The van der Waals surface area contributed by atoms with Crippen LogP contribution in [-0.2, 0) is 21.2 Å². The first-order valence-corrected chi connectivity index (χ1v) is 10.8. The zero-order valence-corrected chi connectivity index (χ0v) is 17.5. The van der Waals surface area contributed by atoms with E-state index in [9.17, 15) is 18.0 Å². The van der Waals surface area contributed by atoms with Crippen molar-refractivity contribution in [1.29, 1.82) is 0 Å². The summed E-state index contributed by atoms with van der Waals surface area (Å²) >= 11 is 0. The maximum atomic E-state index is 12.5. The molecule has 0 saturated heterocycles. The first-order valence-electron chi connectivity index (χ1n) is 9.36. The highest BCUT2D eigenvalue weighted by atomic mass is 32.2. The van der Waals surface area contributed by atoms with Gasteiger partial charge in [-0.05, 0) is 63.1 Å². The standard InChI is InChI=1S/C21H25N3O4S/c1-21(2,3)23-29(27,28)17-10-8-16(9-11-17)22-19(25)14-24-13-12-15-6-4-5-7-18(15)20(24)26/h4-11,23H,12-14H2,1-3H3,(H,22,25). The highest BCUT2D eigenvalue weighted by molar-refractivity contribution is 7.89. The van der Waals surface area contributed by atoms with Crippen molar-refractivity contribution in [3.8, 4) is 0 Å². The van der Waals surface area contributed by atoms with Crippen LogP contribution < -0.4 is 10.0 Å². The molecule has 2 aromatic rings. The van der Waals surface area contributed by atoms with Crippen molar-refractivity contribution in [2.75, 3.05) is 18.4 Å². The molecule has 3 rings (SSSR count). The number of fused-ring (bicyclic) bond motifs is 1. The molecular weight excluding hydrogens is 390 g/mol. The molecule has 0 saturated carbocycles. The Labute approximate surface area is 171 Å². The summed E-state index contributed by atoms with van der Waals surface area (Å²) in [6, 6.07) is 13.3. The van der Waals surface area contributed by atoms with Gasteiger partial charge >= 0.3 is 0 Å². The van der Waals surface area contributed by atoms with E-state index in [0.717, 1.165) is 5.56 Å². The Morgan fingerprint density at radius 1 is 1.07 bits per heavy atom. The van der Waals surface area contributed by atoms with Crippen molar-refractivity contribution in [3.05, 3.63) is 59.7 Å². The molecule has 0 atom stereocenters. The Morgan fingerprint density at radius 2 is 1.72 bits per heavy atom. The number of sulfonamides is 1. The minimum Gasteiger partial charge on any atom is -0.329 e. The van der Waals surface area contributed by atoms with Crippen molar-refractivity contribution in [3.63, 3.8) is 0 Å². The first-order chi connectivity index (χ1) is 13.5. The highest BCUT2D eigenvalue weighted by Crippen LogP contribution is 2.19. The third-order valence-electron chi connectivity index (χ3n) is 4.41. The van der Waals surface area contributed by atoms with Crippen molar-refractivity contribution in [2.24, 2.45) is 0 Å². The normalized spacial score (nSPS) is 14.4. The highest BCUT2D eigenvalue weighted by Gasteiger charge is 2.25. The van der Waals surface area contributed by atoms with Gasteiger partial charge in [-0.1, -0.05) is 18.2 Å². The number of benzene rings is 2. The molecule has 2 N–H and O–H groups in total. The second kappa shape index (κ2) is 7.96. The van der Waals surface area contributed by atoms with E-state index in [1.54, 1.807) is 26.8 Å². The van der Waals surface area contributed by atoms with Crippen molar-refractivity contribution >= 4 is 27.5 Å². The average Bonchev–Trinajstić information content (AvgIpc) is 2.63. The van der Waals surface area contributed by atoms with Gasteiger partial charge in [-0.25, -0.2) is 13.1 Å². The molecule has 7 nitrogen and oxygen atoms in total. The minimum atomic E-state index is -3.64. The van der Waals surface area contributed by atoms with E-state index >= 15 is 0 Å². The lowest BCUT2D eigenvalue weighted by atomic mass is 9.99. The summed E-state index contributed by atoms with van der Waals surface area (Å²) in [5.74, 6) is -0.488.